The summed E-state index contributed by atoms with van der Waals surface area (Å²) in [5, 5.41) is 3.15. The third kappa shape index (κ3) is 5.27. The molecule has 3 rings (SSSR count). The molecule has 0 spiro atoms. The minimum absolute atomic E-state index is 0.0299. The van der Waals surface area contributed by atoms with Gasteiger partial charge < -0.3 is 15.0 Å². The molecule has 2 amide bonds. The Balaban J connectivity index is 1.50. The molecule has 1 aromatic rings. The van der Waals surface area contributed by atoms with Crippen molar-refractivity contribution < 1.29 is 14.3 Å². The summed E-state index contributed by atoms with van der Waals surface area (Å²) in [5.74, 6) is 1.30. The first-order valence-electron chi connectivity index (χ1n) is 10.8. The number of nitrogens with zero attached hydrogens (tertiary/aromatic N) is 1. The number of piperidine rings is 1. The van der Waals surface area contributed by atoms with E-state index in [9.17, 15) is 9.59 Å². The molecule has 2 fully saturated rings. The highest BCUT2D eigenvalue weighted by Gasteiger charge is 2.29. The third-order valence-corrected chi connectivity index (χ3v) is 6.23. The summed E-state index contributed by atoms with van der Waals surface area (Å²) < 4.78 is 5.69. The lowest BCUT2D eigenvalue weighted by Gasteiger charge is -2.38. The average Bonchev–Trinajstić information content (AvgIpc) is 2.66. The second-order valence-corrected chi connectivity index (χ2v) is 8.69. The van der Waals surface area contributed by atoms with Gasteiger partial charge in [0.15, 0.2) is 6.61 Å². The van der Waals surface area contributed by atoms with Gasteiger partial charge in [0.05, 0.1) is 0 Å². The van der Waals surface area contributed by atoms with Crippen LogP contribution in [0.25, 0.3) is 0 Å². The largest absolute Gasteiger partial charge is 0.484 e. The molecule has 1 saturated heterocycles. The van der Waals surface area contributed by atoms with Crippen LogP contribution >= 0.6 is 0 Å². The molecule has 0 radical (unpaired) electrons. The van der Waals surface area contributed by atoms with Crippen LogP contribution < -0.4 is 10.1 Å². The van der Waals surface area contributed by atoms with Crippen molar-refractivity contribution in [3.05, 3.63) is 29.8 Å². The Labute approximate surface area is 168 Å². The highest BCUT2D eigenvalue weighted by Crippen LogP contribution is 2.24. The first kappa shape index (κ1) is 20.7. The summed E-state index contributed by atoms with van der Waals surface area (Å²) in [6.45, 7) is 6.50. The van der Waals surface area contributed by atoms with Crippen LogP contribution in [-0.4, -0.2) is 41.4 Å². The van der Waals surface area contributed by atoms with Crippen LogP contribution in [0.5, 0.6) is 5.75 Å². The number of likely N-dealkylation sites (tertiary alicyclic amines) is 1. The predicted molar refractivity (Wildman–Crippen MR) is 110 cm³/mol. The van der Waals surface area contributed by atoms with E-state index in [0.717, 1.165) is 25.7 Å². The molecule has 1 aliphatic heterocycles. The highest BCUT2D eigenvalue weighted by atomic mass is 16.5. The van der Waals surface area contributed by atoms with Gasteiger partial charge >= 0.3 is 0 Å². The quantitative estimate of drug-likeness (QED) is 0.826. The van der Waals surface area contributed by atoms with E-state index in [1.165, 1.54) is 19.3 Å². The van der Waals surface area contributed by atoms with Crippen LogP contribution in [0.15, 0.2) is 24.3 Å². The van der Waals surface area contributed by atoms with Crippen LogP contribution in [0, 0.1) is 5.92 Å². The number of carbonyl (C=O) groups is 2. The van der Waals surface area contributed by atoms with Crippen molar-refractivity contribution >= 4 is 11.8 Å². The van der Waals surface area contributed by atoms with E-state index < -0.39 is 0 Å². The van der Waals surface area contributed by atoms with Crippen LogP contribution in [0.1, 0.15) is 76.1 Å². The fourth-order valence-corrected chi connectivity index (χ4v) is 4.67. The van der Waals surface area contributed by atoms with Crippen molar-refractivity contribution in [2.45, 2.75) is 83.8 Å². The molecule has 154 valence electrons. The van der Waals surface area contributed by atoms with Gasteiger partial charge in [-0.1, -0.05) is 19.8 Å². The number of rotatable bonds is 5. The molecule has 1 saturated carbocycles. The fourth-order valence-electron chi connectivity index (χ4n) is 4.67. The van der Waals surface area contributed by atoms with E-state index in [0.29, 0.717) is 17.2 Å². The van der Waals surface area contributed by atoms with Crippen LogP contribution in [-0.2, 0) is 4.79 Å². The Hall–Kier alpha value is -2.04. The molecule has 28 heavy (non-hydrogen) atoms. The molecule has 1 aromatic carbocycles. The average molecular weight is 387 g/mol. The highest BCUT2D eigenvalue weighted by molar-refractivity contribution is 5.94. The Morgan fingerprint density at radius 2 is 1.64 bits per heavy atom. The van der Waals surface area contributed by atoms with Crippen molar-refractivity contribution in [1.82, 2.24) is 10.2 Å². The zero-order valence-corrected chi connectivity index (χ0v) is 17.4. The summed E-state index contributed by atoms with van der Waals surface area (Å²) in [4.78, 5) is 27.0. The topological polar surface area (TPSA) is 58.6 Å². The van der Waals surface area contributed by atoms with E-state index in [1.807, 2.05) is 4.90 Å². The molecule has 4 atom stereocenters. The van der Waals surface area contributed by atoms with Crippen molar-refractivity contribution in [3.8, 4) is 5.75 Å². The minimum Gasteiger partial charge on any atom is -0.484 e. The fraction of sp³-hybridized carbons (Fsp3) is 0.652. The van der Waals surface area contributed by atoms with Crippen LogP contribution in [0.4, 0.5) is 0 Å². The van der Waals surface area contributed by atoms with Gasteiger partial charge in [0, 0.05) is 23.7 Å². The normalized spacial score (nSPS) is 27.9. The lowest BCUT2D eigenvalue weighted by Crippen LogP contribution is -2.49. The Kier molecular flexibility index (Phi) is 6.97. The Morgan fingerprint density at radius 1 is 1.00 bits per heavy atom. The molecule has 4 unspecified atom stereocenters. The zero-order valence-electron chi connectivity index (χ0n) is 17.4. The van der Waals surface area contributed by atoms with Gasteiger partial charge in [0.2, 0.25) is 0 Å². The number of nitrogens with one attached hydrogen (secondary N) is 1. The first-order valence-corrected chi connectivity index (χ1v) is 10.8. The van der Waals surface area contributed by atoms with Gasteiger partial charge in [-0.15, -0.1) is 0 Å². The summed E-state index contributed by atoms with van der Waals surface area (Å²) in [7, 11) is 0. The van der Waals surface area contributed by atoms with Crippen molar-refractivity contribution in [3.63, 3.8) is 0 Å². The smallest absolute Gasteiger partial charge is 0.260 e. The minimum atomic E-state index is -0.0299. The van der Waals surface area contributed by atoms with Crippen molar-refractivity contribution in [2.75, 3.05) is 6.61 Å². The number of hydrogen-bond acceptors (Lipinski definition) is 3. The molecule has 1 heterocycles. The predicted octanol–water partition coefficient (Wildman–Crippen LogP) is 4.16. The van der Waals surface area contributed by atoms with Gasteiger partial charge in [-0.2, -0.15) is 0 Å². The summed E-state index contributed by atoms with van der Waals surface area (Å²) >= 11 is 0. The maximum Gasteiger partial charge on any atom is 0.260 e. The van der Waals surface area contributed by atoms with Gasteiger partial charge in [0.1, 0.15) is 5.75 Å². The van der Waals surface area contributed by atoms with E-state index in [-0.39, 0.29) is 36.5 Å². The van der Waals surface area contributed by atoms with Crippen molar-refractivity contribution in [1.29, 1.82) is 0 Å². The Morgan fingerprint density at radius 3 is 2.29 bits per heavy atom. The molecule has 5 nitrogen and oxygen atoms in total. The molecule has 1 N–H and O–H groups in total. The van der Waals surface area contributed by atoms with E-state index in [4.69, 9.17) is 4.74 Å². The van der Waals surface area contributed by atoms with Crippen molar-refractivity contribution in [2.24, 2.45) is 5.92 Å². The Bertz CT molecular complexity index is 663. The molecule has 5 heteroatoms. The molecule has 0 bridgehead atoms. The number of hydrogen-bond donors (Lipinski definition) is 1. The summed E-state index contributed by atoms with van der Waals surface area (Å²) in [6.07, 6.45) is 7.85. The lowest BCUT2D eigenvalue weighted by atomic mass is 9.87. The molecule has 1 aliphatic carbocycles. The van der Waals surface area contributed by atoms with Crippen LogP contribution in [0.3, 0.4) is 0 Å². The standard InChI is InChI=1S/C23H34N2O3/c1-16-6-4-9-20(14-16)24-23(27)19-10-12-21(13-11-19)28-15-22(26)25-17(2)7-5-8-18(25)3/h10-13,16-18,20H,4-9,14-15H2,1-3H3,(H,24,27). The maximum absolute atomic E-state index is 12.6. The van der Waals surface area contributed by atoms with Gasteiger partial charge in [-0.3, -0.25) is 9.59 Å². The second-order valence-electron chi connectivity index (χ2n) is 8.69. The SMILES string of the molecule is CC1CCCC(NC(=O)c2ccc(OCC(=O)N3C(C)CCCC3C)cc2)C1. The number of benzene rings is 1. The van der Waals surface area contributed by atoms with Gasteiger partial charge in [-0.25, -0.2) is 0 Å². The zero-order chi connectivity index (χ0) is 20.1. The number of carbonyl (C=O) groups excluding carboxylic acids is 2. The van der Waals surface area contributed by atoms with Crippen LogP contribution in [0.2, 0.25) is 0 Å². The lowest BCUT2D eigenvalue weighted by molar-refractivity contribution is -0.139. The third-order valence-electron chi connectivity index (χ3n) is 6.23. The summed E-state index contributed by atoms with van der Waals surface area (Å²) in [6, 6.07) is 7.91. The molecule has 2 aliphatic rings. The summed E-state index contributed by atoms with van der Waals surface area (Å²) in [5.41, 5.74) is 0.634. The maximum atomic E-state index is 12.6. The number of amides is 2. The molecule has 0 aromatic heterocycles. The van der Waals surface area contributed by atoms with E-state index in [1.54, 1.807) is 24.3 Å². The molecular formula is C23H34N2O3. The molecular weight excluding hydrogens is 352 g/mol. The van der Waals surface area contributed by atoms with E-state index in [2.05, 4.69) is 26.1 Å². The van der Waals surface area contributed by atoms with Gasteiger partial charge in [-0.05, 0) is 76.1 Å². The first-order chi connectivity index (χ1) is 13.4. The number of ether oxygens (including phenoxy) is 1. The monoisotopic (exact) mass is 386 g/mol. The van der Waals surface area contributed by atoms with Gasteiger partial charge in [0.25, 0.3) is 11.8 Å². The second kappa shape index (κ2) is 9.44. The van der Waals surface area contributed by atoms with E-state index >= 15 is 0 Å².